The minimum Gasteiger partial charge on any atom is -0.330 e. The van der Waals surface area contributed by atoms with E-state index in [-0.39, 0.29) is 0 Å². The van der Waals surface area contributed by atoms with Gasteiger partial charge in [-0.3, -0.25) is 0 Å². The van der Waals surface area contributed by atoms with Crippen molar-refractivity contribution in [1.82, 2.24) is 5.32 Å². The molecule has 1 rings (SSSR count). The van der Waals surface area contributed by atoms with Gasteiger partial charge in [-0.25, -0.2) is 5.32 Å². The number of hydrogen-bond acceptors (Lipinski definition) is 1. The molecule has 1 unspecified atom stereocenters. The molecule has 8 heavy (non-hydrogen) atoms. The molecular formula is C6H13N2. The highest BCUT2D eigenvalue weighted by Gasteiger charge is 2.13. The Labute approximate surface area is 50.4 Å². The third-order valence-electron chi connectivity index (χ3n) is 1.58. The van der Waals surface area contributed by atoms with E-state index in [0.29, 0.717) is 6.04 Å². The molecule has 2 N–H and O–H groups in total. The topological polar surface area (TPSA) is 40.1 Å². The number of rotatable bonds is 2. The van der Waals surface area contributed by atoms with Crippen LogP contribution in [0.2, 0.25) is 0 Å². The summed E-state index contributed by atoms with van der Waals surface area (Å²) in [5.74, 6) is 0. The van der Waals surface area contributed by atoms with E-state index in [1.165, 1.54) is 12.8 Å². The molecule has 2 heteroatoms. The van der Waals surface area contributed by atoms with Gasteiger partial charge in [-0.05, 0) is 25.8 Å². The molecule has 1 aliphatic rings. The van der Waals surface area contributed by atoms with Crippen molar-refractivity contribution in [2.24, 2.45) is 5.73 Å². The lowest BCUT2D eigenvalue weighted by Gasteiger charge is -2.03. The third kappa shape index (κ3) is 1.46. The molecule has 0 amide bonds. The van der Waals surface area contributed by atoms with Crippen LogP contribution in [0, 0.1) is 0 Å². The first-order valence-electron chi connectivity index (χ1n) is 3.30. The predicted molar refractivity (Wildman–Crippen MR) is 33.7 cm³/mol. The van der Waals surface area contributed by atoms with Crippen molar-refractivity contribution in [2.45, 2.75) is 25.3 Å². The van der Waals surface area contributed by atoms with E-state index in [2.05, 4.69) is 5.32 Å². The standard InChI is InChI=1S/C6H13N2/c7-4-3-6-2-1-5-8-6/h6H,1-5,7H2. The van der Waals surface area contributed by atoms with E-state index < -0.39 is 0 Å². The molecule has 1 aliphatic heterocycles. The molecule has 1 fully saturated rings. The second-order valence-electron chi connectivity index (χ2n) is 2.28. The zero-order valence-electron chi connectivity index (χ0n) is 5.14. The fraction of sp³-hybridized carbons (Fsp3) is 1.00. The van der Waals surface area contributed by atoms with Gasteiger partial charge in [-0.2, -0.15) is 0 Å². The molecule has 1 atom stereocenters. The molecule has 0 bridgehead atoms. The normalized spacial score (nSPS) is 28.9. The molecular weight excluding hydrogens is 100 g/mol. The van der Waals surface area contributed by atoms with Crippen molar-refractivity contribution in [3.05, 3.63) is 0 Å². The monoisotopic (exact) mass is 113 g/mol. The molecule has 0 aromatic carbocycles. The van der Waals surface area contributed by atoms with E-state index in [4.69, 9.17) is 5.73 Å². The van der Waals surface area contributed by atoms with Crippen molar-refractivity contribution in [1.29, 1.82) is 0 Å². The second-order valence-corrected chi connectivity index (χ2v) is 2.28. The highest BCUT2D eigenvalue weighted by atomic mass is 14.9. The Morgan fingerprint density at radius 2 is 2.50 bits per heavy atom. The van der Waals surface area contributed by atoms with Gasteiger partial charge in [0.1, 0.15) is 0 Å². The van der Waals surface area contributed by atoms with E-state index in [0.717, 1.165) is 19.5 Å². The van der Waals surface area contributed by atoms with Gasteiger partial charge >= 0.3 is 0 Å². The summed E-state index contributed by atoms with van der Waals surface area (Å²) in [5.41, 5.74) is 5.35. The van der Waals surface area contributed by atoms with Gasteiger partial charge in [-0.1, -0.05) is 0 Å². The predicted octanol–water partition coefficient (Wildman–Crippen LogP) is 0.102. The van der Waals surface area contributed by atoms with Crippen molar-refractivity contribution in [3.63, 3.8) is 0 Å². The largest absolute Gasteiger partial charge is 0.330 e. The van der Waals surface area contributed by atoms with Gasteiger partial charge in [-0.15, -0.1) is 0 Å². The third-order valence-corrected chi connectivity index (χ3v) is 1.58. The second kappa shape index (κ2) is 3.05. The molecule has 2 nitrogen and oxygen atoms in total. The van der Waals surface area contributed by atoms with Gasteiger partial charge in [0.05, 0.1) is 0 Å². The van der Waals surface area contributed by atoms with Crippen LogP contribution in [0.15, 0.2) is 0 Å². The molecule has 1 radical (unpaired) electrons. The molecule has 1 heterocycles. The van der Waals surface area contributed by atoms with Crippen LogP contribution >= 0.6 is 0 Å². The van der Waals surface area contributed by atoms with Crippen LogP contribution in [0.1, 0.15) is 19.3 Å². The van der Waals surface area contributed by atoms with E-state index in [9.17, 15) is 0 Å². The first kappa shape index (κ1) is 6.05. The Bertz CT molecular complexity index is 57.5. The lowest BCUT2D eigenvalue weighted by Crippen LogP contribution is -2.18. The lowest BCUT2D eigenvalue weighted by molar-refractivity contribution is 0.558. The minimum absolute atomic E-state index is 0.611. The number of hydrogen-bond donors (Lipinski definition) is 1. The lowest BCUT2D eigenvalue weighted by atomic mass is 10.2. The Balaban J connectivity index is 2.06. The fourth-order valence-electron chi connectivity index (χ4n) is 1.12. The van der Waals surface area contributed by atoms with E-state index in [1.807, 2.05) is 0 Å². The van der Waals surface area contributed by atoms with Crippen LogP contribution in [-0.4, -0.2) is 19.1 Å². The van der Waals surface area contributed by atoms with E-state index >= 15 is 0 Å². The Morgan fingerprint density at radius 3 is 3.00 bits per heavy atom. The average molecular weight is 113 g/mol. The van der Waals surface area contributed by atoms with Crippen LogP contribution in [0.5, 0.6) is 0 Å². The van der Waals surface area contributed by atoms with Gasteiger partial charge in [0.15, 0.2) is 0 Å². The summed E-state index contributed by atoms with van der Waals surface area (Å²) >= 11 is 0. The molecule has 1 saturated heterocycles. The maximum atomic E-state index is 5.35. The first-order valence-corrected chi connectivity index (χ1v) is 3.30. The van der Waals surface area contributed by atoms with Crippen molar-refractivity contribution < 1.29 is 0 Å². The average Bonchev–Trinajstić information content (AvgIpc) is 2.19. The smallest absolute Gasteiger partial charge is 0.0258 e. The highest BCUT2D eigenvalue weighted by molar-refractivity contribution is 4.73. The summed E-state index contributed by atoms with van der Waals surface area (Å²) in [5, 5.41) is 4.35. The van der Waals surface area contributed by atoms with Gasteiger partial charge in [0, 0.05) is 12.6 Å². The summed E-state index contributed by atoms with van der Waals surface area (Å²) in [4.78, 5) is 0. The van der Waals surface area contributed by atoms with Crippen LogP contribution in [0.4, 0.5) is 0 Å². The van der Waals surface area contributed by atoms with Gasteiger partial charge < -0.3 is 5.73 Å². The Kier molecular flexibility index (Phi) is 2.30. The summed E-state index contributed by atoms with van der Waals surface area (Å²) in [6, 6.07) is 0.611. The Hall–Kier alpha value is -0.0800. The summed E-state index contributed by atoms with van der Waals surface area (Å²) < 4.78 is 0. The maximum Gasteiger partial charge on any atom is 0.0258 e. The maximum absolute atomic E-state index is 5.35. The first-order chi connectivity index (χ1) is 3.93. The van der Waals surface area contributed by atoms with Crippen LogP contribution in [0.25, 0.3) is 0 Å². The molecule has 0 saturated carbocycles. The van der Waals surface area contributed by atoms with Gasteiger partial charge in [0.2, 0.25) is 0 Å². The molecule has 0 aromatic rings. The zero-order valence-corrected chi connectivity index (χ0v) is 5.14. The molecule has 0 aromatic heterocycles. The van der Waals surface area contributed by atoms with Gasteiger partial charge in [0.25, 0.3) is 0 Å². The summed E-state index contributed by atoms with van der Waals surface area (Å²) in [7, 11) is 0. The van der Waals surface area contributed by atoms with Crippen molar-refractivity contribution in [3.8, 4) is 0 Å². The zero-order chi connectivity index (χ0) is 5.82. The Morgan fingerprint density at radius 1 is 1.62 bits per heavy atom. The highest BCUT2D eigenvalue weighted by Crippen LogP contribution is 2.08. The van der Waals surface area contributed by atoms with Crippen LogP contribution in [0.3, 0.4) is 0 Å². The fourth-order valence-corrected chi connectivity index (χ4v) is 1.12. The molecule has 47 valence electrons. The molecule has 0 spiro atoms. The van der Waals surface area contributed by atoms with E-state index in [1.54, 1.807) is 0 Å². The SMILES string of the molecule is NCCC1CCC[N]1. The van der Waals surface area contributed by atoms with Crippen molar-refractivity contribution in [2.75, 3.05) is 13.1 Å². The summed E-state index contributed by atoms with van der Waals surface area (Å²) in [6.07, 6.45) is 3.65. The van der Waals surface area contributed by atoms with Crippen LogP contribution < -0.4 is 11.1 Å². The van der Waals surface area contributed by atoms with Crippen molar-refractivity contribution >= 4 is 0 Å². The number of nitrogens with zero attached hydrogens (tertiary/aromatic N) is 1. The molecule has 0 aliphatic carbocycles. The van der Waals surface area contributed by atoms with Crippen LogP contribution in [-0.2, 0) is 0 Å². The number of nitrogens with two attached hydrogens (primary N) is 1. The summed E-state index contributed by atoms with van der Waals surface area (Å²) in [6.45, 7) is 1.87. The minimum atomic E-state index is 0.611. The quantitative estimate of drug-likeness (QED) is 0.542.